The monoisotopic (exact) mass is 348 g/mol. The normalized spacial score (nSPS) is 28.9. The molecule has 0 spiro atoms. The molecule has 3 rings (SSSR count). The van der Waals surface area contributed by atoms with E-state index in [-0.39, 0.29) is 18.0 Å². The van der Waals surface area contributed by atoms with Crippen molar-refractivity contribution in [2.45, 2.75) is 38.1 Å². The number of allylic oxidation sites excluding steroid dienone is 2. The van der Waals surface area contributed by atoms with Crippen LogP contribution < -0.4 is 5.32 Å². The Hall–Kier alpha value is -1.56. The van der Waals surface area contributed by atoms with Gasteiger partial charge in [0.1, 0.15) is 0 Å². The van der Waals surface area contributed by atoms with Crippen LogP contribution >= 0.6 is 0 Å². The molecule has 1 N–H and O–H groups in total. The Balaban J connectivity index is 1.36. The van der Waals surface area contributed by atoms with Gasteiger partial charge in [-0.2, -0.15) is 0 Å². The molecule has 3 amide bonds. The van der Waals surface area contributed by atoms with Crippen molar-refractivity contribution in [2.75, 3.05) is 46.8 Å². The van der Waals surface area contributed by atoms with Crippen molar-refractivity contribution >= 4 is 11.9 Å². The largest absolute Gasteiger partial charge is 0.347 e. The lowest BCUT2D eigenvalue weighted by Gasteiger charge is -2.26. The smallest absolute Gasteiger partial charge is 0.317 e. The highest BCUT2D eigenvalue weighted by Crippen LogP contribution is 2.32. The number of urea groups is 1. The summed E-state index contributed by atoms with van der Waals surface area (Å²) in [4.78, 5) is 30.5. The summed E-state index contributed by atoms with van der Waals surface area (Å²) in [7, 11) is 3.64. The minimum Gasteiger partial charge on any atom is -0.347 e. The molecular weight excluding hydrogens is 316 g/mol. The molecule has 2 saturated heterocycles. The van der Waals surface area contributed by atoms with Gasteiger partial charge in [-0.25, -0.2) is 4.79 Å². The molecule has 6 heteroatoms. The van der Waals surface area contributed by atoms with Gasteiger partial charge in [0.15, 0.2) is 0 Å². The second-order valence-electron chi connectivity index (χ2n) is 7.88. The summed E-state index contributed by atoms with van der Waals surface area (Å²) >= 11 is 0. The van der Waals surface area contributed by atoms with Crippen LogP contribution in [0.3, 0.4) is 0 Å². The first-order chi connectivity index (χ1) is 12.1. The van der Waals surface area contributed by atoms with E-state index in [1.54, 1.807) is 4.90 Å². The average molecular weight is 348 g/mol. The molecule has 0 radical (unpaired) electrons. The first kappa shape index (κ1) is 18.2. The fourth-order valence-electron chi connectivity index (χ4n) is 4.44. The van der Waals surface area contributed by atoms with E-state index in [0.29, 0.717) is 18.4 Å². The van der Waals surface area contributed by atoms with Crippen LogP contribution in [0.25, 0.3) is 0 Å². The molecule has 6 nitrogen and oxygen atoms in total. The Morgan fingerprint density at radius 1 is 1.16 bits per heavy atom. The molecule has 3 atom stereocenters. The van der Waals surface area contributed by atoms with Gasteiger partial charge in [-0.3, -0.25) is 9.69 Å². The lowest BCUT2D eigenvalue weighted by Crippen LogP contribution is -2.44. The van der Waals surface area contributed by atoms with Crippen molar-refractivity contribution < 1.29 is 9.59 Å². The summed E-state index contributed by atoms with van der Waals surface area (Å²) in [5, 5.41) is 3.07. The van der Waals surface area contributed by atoms with E-state index in [0.717, 1.165) is 58.3 Å². The molecule has 0 aromatic carbocycles. The van der Waals surface area contributed by atoms with Gasteiger partial charge < -0.3 is 15.1 Å². The molecule has 2 heterocycles. The zero-order valence-corrected chi connectivity index (χ0v) is 15.6. The summed E-state index contributed by atoms with van der Waals surface area (Å²) in [6.07, 6.45) is 9.67. The van der Waals surface area contributed by atoms with E-state index < -0.39 is 0 Å². The van der Waals surface area contributed by atoms with Crippen LogP contribution in [0.4, 0.5) is 4.79 Å². The molecular formula is C19H32N4O2. The molecule has 0 saturated carbocycles. The van der Waals surface area contributed by atoms with Crippen LogP contribution in [-0.4, -0.2) is 79.5 Å². The van der Waals surface area contributed by atoms with Crippen molar-refractivity contribution in [1.29, 1.82) is 0 Å². The third-order valence-electron chi connectivity index (χ3n) is 5.90. The highest BCUT2D eigenvalue weighted by Gasteiger charge is 2.35. The Morgan fingerprint density at radius 2 is 1.84 bits per heavy atom. The van der Waals surface area contributed by atoms with E-state index in [4.69, 9.17) is 0 Å². The van der Waals surface area contributed by atoms with E-state index in [2.05, 4.69) is 22.4 Å². The summed E-state index contributed by atoms with van der Waals surface area (Å²) in [6.45, 7) is 4.33. The quantitative estimate of drug-likeness (QED) is 0.606. The van der Waals surface area contributed by atoms with Gasteiger partial charge >= 0.3 is 6.03 Å². The Labute approximate surface area is 151 Å². The Morgan fingerprint density at radius 3 is 2.48 bits per heavy atom. The number of carbonyl (C=O) groups is 2. The van der Waals surface area contributed by atoms with Crippen molar-refractivity contribution in [3.05, 3.63) is 12.2 Å². The second-order valence-corrected chi connectivity index (χ2v) is 7.88. The van der Waals surface area contributed by atoms with E-state index >= 15 is 0 Å². The lowest BCUT2D eigenvalue weighted by molar-refractivity contribution is -0.133. The van der Waals surface area contributed by atoms with Gasteiger partial charge in [0.2, 0.25) is 5.91 Å². The minimum absolute atomic E-state index is 0.0277. The van der Waals surface area contributed by atoms with Crippen LogP contribution in [0.5, 0.6) is 0 Å². The van der Waals surface area contributed by atoms with Crippen LogP contribution in [0.2, 0.25) is 0 Å². The van der Waals surface area contributed by atoms with E-state index in [1.807, 2.05) is 19.0 Å². The maximum atomic E-state index is 12.4. The van der Waals surface area contributed by atoms with Crippen molar-refractivity contribution in [1.82, 2.24) is 20.0 Å². The number of likely N-dealkylation sites (tertiary alicyclic amines) is 2. The lowest BCUT2D eigenvalue weighted by atomic mass is 9.86. The third kappa shape index (κ3) is 4.35. The first-order valence-corrected chi connectivity index (χ1v) is 9.69. The molecule has 0 aromatic rings. The zero-order chi connectivity index (χ0) is 17.8. The van der Waals surface area contributed by atoms with Gasteiger partial charge in [-0.15, -0.1) is 0 Å². The first-order valence-electron chi connectivity index (χ1n) is 9.69. The molecule has 25 heavy (non-hydrogen) atoms. The summed E-state index contributed by atoms with van der Waals surface area (Å²) in [5.41, 5.74) is 0. The molecule has 2 fully saturated rings. The highest BCUT2D eigenvalue weighted by molar-refractivity contribution is 5.81. The molecule has 0 aromatic heterocycles. The molecule has 0 unspecified atom stereocenters. The van der Waals surface area contributed by atoms with Crippen LogP contribution in [-0.2, 0) is 4.79 Å². The Bertz CT molecular complexity index is 504. The fourth-order valence-corrected chi connectivity index (χ4v) is 4.44. The summed E-state index contributed by atoms with van der Waals surface area (Å²) in [6, 6.07) is 0.108. The topological polar surface area (TPSA) is 55.9 Å². The molecule has 0 bridgehead atoms. The van der Waals surface area contributed by atoms with Crippen molar-refractivity contribution in [3.8, 4) is 0 Å². The fraction of sp³-hybridized carbons (Fsp3) is 0.789. The number of hydrogen-bond donors (Lipinski definition) is 1. The zero-order valence-electron chi connectivity index (χ0n) is 15.6. The number of amides is 3. The predicted octanol–water partition coefficient (Wildman–Crippen LogP) is 1.54. The number of rotatable bonds is 5. The third-order valence-corrected chi connectivity index (χ3v) is 5.90. The second kappa shape index (κ2) is 8.21. The van der Waals surface area contributed by atoms with Gasteiger partial charge in [0, 0.05) is 40.3 Å². The van der Waals surface area contributed by atoms with Crippen molar-refractivity contribution in [3.63, 3.8) is 0 Å². The van der Waals surface area contributed by atoms with Crippen LogP contribution in [0.1, 0.15) is 32.1 Å². The van der Waals surface area contributed by atoms with Gasteiger partial charge in [0.05, 0.1) is 6.04 Å². The molecule has 1 aliphatic carbocycles. The Kier molecular flexibility index (Phi) is 5.99. The molecule has 3 aliphatic rings. The minimum atomic E-state index is 0.0277. The number of nitrogens with one attached hydrogen (secondary N) is 1. The summed E-state index contributed by atoms with van der Waals surface area (Å²) < 4.78 is 0. The van der Waals surface area contributed by atoms with E-state index in [1.165, 1.54) is 0 Å². The maximum absolute atomic E-state index is 12.4. The van der Waals surface area contributed by atoms with Gasteiger partial charge in [-0.05, 0) is 50.5 Å². The number of carbonyl (C=O) groups excluding carboxylic acids is 2. The average Bonchev–Trinajstić information content (AvgIpc) is 3.24. The maximum Gasteiger partial charge on any atom is 0.317 e. The predicted molar refractivity (Wildman–Crippen MR) is 98.2 cm³/mol. The van der Waals surface area contributed by atoms with Crippen molar-refractivity contribution in [2.24, 2.45) is 11.8 Å². The van der Waals surface area contributed by atoms with Gasteiger partial charge in [0.25, 0.3) is 0 Å². The number of nitrogens with zero attached hydrogens (tertiary/aromatic N) is 3. The number of fused-ring (bicyclic) bond motifs is 1. The standard InChI is InChI=1S/C19H32N4O2/c1-21(2)18(24)17-9-5-11-22(17)12-6-10-20-19(25)23-13-15-7-3-4-8-16(15)14-23/h3-4,15-17H,5-14H2,1-2H3,(H,20,25)/t15-,16-,17-/m0/s1. The summed E-state index contributed by atoms with van der Waals surface area (Å²) in [5.74, 6) is 1.51. The number of likely N-dealkylation sites (N-methyl/N-ethyl adjacent to an activating group) is 1. The van der Waals surface area contributed by atoms with Gasteiger partial charge in [-0.1, -0.05) is 12.2 Å². The highest BCUT2D eigenvalue weighted by atomic mass is 16.2. The SMILES string of the molecule is CN(C)C(=O)[C@@H]1CCCN1CCCNC(=O)N1C[C@@H]2CC=CC[C@H]2C1. The number of hydrogen-bond acceptors (Lipinski definition) is 3. The van der Waals surface area contributed by atoms with Crippen LogP contribution in [0.15, 0.2) is 12.2 Å². The van der Waals surface area contributed by atoms with E-state index in [9.17, 15) is 9.59 Å². The molecule has 140 valence electrons. The molecule has 2 aliphatic heterocycles. The van der Waals surface area contributed by atoms with Crippen LogP contribution in [0, 0.1) is 11.8 Å².